The number of nitrogens with zero attached hydrogens (tertiary/aromatic N) is 3. The first kappa shape index (κ1) is 15.3. The molecule has 1 aromatic heterocycles. The van der Waals surface area contributed by atoms with Crippen molar-refractivity contribution in [3.05, 3.63) is 23.4 Å². The fourth-order valence-corrected chi connectivity index (χ4v) is 2.93. The lowest BCUT2D eigenvalue weighted by molar-refractivity contribution is 0.371. The van der Waals surface area contributed by atoms with E-state index in [2.05, 4.69) is 55.2 Å². The van der Waals surface area contributed by atoms with Crippen LogP contribution < -0.4 is 10.2 Å². The van der Waals surface area contributed by atoms with Crippen molar-refractivity contribution in [2.45, 2.75) is 39.3 Å². The first-order chi connectivity index (χ1) is 9.61. The molecule has 0 bridgehead atoms. The number of aromatic nitrogens is 1. The Bertz CT molecular complexity index is 430. The van der Waals surface area contributed by atoms with E-state index in [1.807, 2.05) is 0 Å². The van der Waals surface area contributed by atoms with Crippen LogP contribution in [0.15, 0.2) is 12.1 Å². The molecule has 0 spiro atoms. The summed E-state index contributed by atoms with van der Waals surface area (Å²) < 4.78 is 0. The van der Waals surface area contributed by atoms with E-state index in [-0.39, 0.29) is 0 Å². The van der Waals surface area contributed by atoms with E-state index in [1.165, 1.54) is 18.4 Å². The monoisotopic (exact) mass is 276 g/mol. The Kier molecular flexibility index (Phi) is 5.38. The maximum absolute atomic E-state index is 4.83. The Labute approximate surface area is 123 Å². The molecule has 4 nitrogen and oxygen atoms in total. The maximum Gasteiger partial charge on any atom is 0.129 e. The van der Waals surface area contributed by atoms with E-state index in [0.717, 1.165) is 37.7 Å². The maximum atomic E-state index is 4.83. The zero-order valence-corrected chi connectivity index (χ0v) is 13.3. The summed E-state index contributed by atoms with van der Waals surface area (Å²) in [5.74, 6) is 1.15. The molecule has 4 heteroatoms. The number of hydrogen-bond donors (Lipinski definition) is 1. The van der Waals surface area contributed by atoms with Gasteiger partial charge in [0.05, 0.1) is 0 Å². The van der Waals surface area contributed by atoms with Gasteiger partial charge in [-0.05, 0) is 52.0 Å². The van der Waals surface area contributed by atoms with Gasteiger partial charge in [0.25, 0.3) is 0 Å². The lowest BCUT2D eigenvalue weighted by Crippen LogP contribution is -2.38. The second kappa shape index (κ2) is 7.04. The first-order valence-electron chi connectivity index (χ1n) is 7.70. The fourth-order valence-electron chi connectivity index (χ4n) is 2.93. The quantitative estimate of drug-likeness (QED) is 0.861. The second-order valence-corrected chi connectivity index (χ2v) is 5.95. The third-order valence-corrected chi connectivity index (χ3v) is 3.99. The van der Waals surface area contributed by atoms with Gasteiger partial charge in [0.1, 0.15) is 5.82 Å². The Hall–Kier alpha value is -1.13. The van der Waals surface area contributed by atoms with Crippen LogP contribution in [-0.2, 0) is 6.54 Å². The van der Waals surface area contributed by atoms with Crippen molar-refractivity contribution in [2.75, 3.05) is 38.6 Å². The van der Waals surface area contributed by atoms with E-state index >= 15 is 0 Å². The minimum absolute atomic E-state index is 0.608. The zero-order valence-electron chi connectivity index (χ0n) is 13.3. The summed E-state index contributed by atoms with van der Waals surface area (Å²) in [6.45, 7) is 8.41. The summed E-state index contributed by atoms with van der Waals surface area (Å²) in [6, 6.07) is 5.02. The van der Waals surface area contributed by atoms with Crippen LogP contribution in [-0.4, -0.2) is 49.7 Å². The third-order valence-electron chi connectivity index (χ3n) is 3.99. The normalized spacial score (nSPS) is 19.1. The summed E-state index contributed by atoms with van der Waals surface area (Å²) in [7, 11) is 4.30. The average Bonchev–Trinajstić information content (AvgIpc) is 2.84. The zero-order chi connectivity index (χ0) is 14.5. The molecule has 0 amide bonds. The van der Waals surface area contributed by atoms with Crippen LogP contribution in [0.3, 0.4) is 0 Å². The molecule has 1 N–H and O–H groups in total. The smallest absolute Gasteiger partial charge is 0.129 e. The van der Waals surface area contributed by atoms with E-state index in [0.29, 0.717) is 6.04 Å². The van der Waals surface area contributed by atoms with Crippen LogP contribution >= 0.6 is 0 Å². The highest BCUT2D eigenvalue weighted by Crippen LogP contribution is 2.25. The molecule has 1 atom stereocenters. The molecule has 0 aromatic carbocycles. The lowest BCUT2D eigenvalue weighted by Gasteiger charge is -2.28. The molecule has 1 saturated heterocycles. The van der Waals surface area contributed by atoms with Gasteiger partial charge in [-0.3, -0.25) is 0 Å². The molecule has 1 fully saturated rings. The Morgan fingerprint density at radius 3 is 2.85 bits per heavy atom. The summed E-state index contributed by atoms with van der Waals surface area (Å²) in [4.78, 5) is 9.58. The molecule has 0 radical (unpaired) electrons. The molecule has 2 rings (SSSR count). The van der Waals surface area contributed by atoms with Crippen molar-refractivity contribution in [3.63, 3.8) is 0 Å². The SMILES string of the molecule is CCNCc1ccc(N2CCCC2CN(C)C)nc1C. The average molecular weight is 276 g/mol. The van der Waals surface area contributed by atoms with Crippen molar-refractivity contribution in [3.8, 4) is 0 Å². The van der Waals surface area contributed by atoms with Crippen LogP contribution in [0.5, 0.6) is 0 Å². The van der Waals surface area contributed by atoms with Crippen LogP contribution in [0.1, 0.15) is 31.0 Å². The van der Waals surface area contributed by atoms with Crippen LogP contribution in [0.25, 0.3) is 0 Å². The molecule has 1 aliphatic heterocycles. The highest BCUT2D eigenvalue weighted by Gasteiger charge is 2.26. The van der Waals surface area contributed by atoms with E-state index in [9.17, 15) is 0 Å². The first-order valence-corrected chi connectivity index (χ1v) is 7.70. The summed E-state index contributed by atoms with van der Waals surface area (Å²) in [5, 5.41) is 3.37. The molecule has 0 aliphatic carbocycles. The van der Waals surface area contributed by atoms with Gasteiger partial charge in [-0.25, -0.2) is 4.98 Å². The standard InChI is InChI=1S/C16H28N4/c1-5-17-11-14-8-9-16(18-13(14)2)20-10-6-7-15(20)12-19(3)4/h8-9,15,17H,5-7,10-12H2,1-4H3. The van der Waals surface area contributed by atoms with Crippen molar-refractivity contribution in [2.24, 2.45) is 0 Å². The van der Waals surface area contributed by atoms with Crippen LogP contribution in [0, 0.1) is 6.92 Å². The molecule has 2 heterocycles. The van der Waals surface area contributed by atoms with Crippen LogP contribution in [0.4, 0.5) is 5.82 Å². The van der Waals surface area contributed by atoms with Gasteiger partial charge in [0, 0.05) is 31.4 Å². The Balaban J connectivity index is 2.10. The summed E-state index contributed by atoms with van der Waals surface area (Å²) in [6.07, 6.45) is 2.55. The Morgan fingerprint density at radius 2 is 2.20 bits per heavy atom. The summed E-state index contributed by atoms with van der Waals surface area (Å²) >= 11 is 0. The van der Waals surface area contributed by atoms with Crippen molar-refractivity contribution < 1.29 is 0 Å². The number of likely N-dealkylation sites (N-methyl/N-ethyl adjacent to an activating group) is 1. The largest absolute Gasteiger partial charge is 0.352 e. The van der Waals surface area contributed by atoms with E-state index in [1.54, 1.807) is 0 Å². The predicted molar refractivity (Wildman–Crippen MR) is 85.3 cm³/mol. The molecule has 1 unspecified atom stereocenters. The number of nitrogens with one attached hydrogen (secondary N) is 1. The van der Waals surface area contributed by atoms with Gasteiger partial charge in [0.15, 0.2) is 0 Å². The fraction of sp³-hybridized carbons (Fsp3) is 0.688. The molecule has 0 saturated carbocycles. The summed E-state index contributed by atoms with van der Waals surface area (Å²) in [5.41, 5.74) is 2.46. The third kappa shape index (κ3) is 3.70. The number of aryl methyl sites for hydroxylation is 1. The van der Waals surface area contributed by atoms with Crippen molar-refractivity contribution in [1.29, 1.82) is 0 Å². The number of anilines is 1. The Morgan fingerprint density at radius 1 is 1.40 bits per heavy atom. The molecular formula is C16H28N4. The van der Waals surface area contributed by atoms with Gasteiger partial charge >= 0.3 is 0 Å². The highest BCUT2D eigenvalue weighted by atomic mass is 15.3. The number of hydrogen-bond acceptors (Lipinski definition) is 4. The van der Waals surface area contributed by atoms with Gasteiger partial charge in [0.2, 0.25) is 0 Å². The van der Waals surface area contributed by atoms with E-state index in [4.69, 9.17) is 4.98 Å². The van der Waals surface area contributed by atoms with Gasteiger partial charge in [-0.1, -0.05) is 13.0 Å². The molecule has 112 valence electrons. The highest BCUT2D eigenvalue weighted by molar-refractivity contribution is 5.44. The van der Waals surface area contributed by atoms with Gasteiger partial charge < -0.3 is 15.1 Å². The van der Waals surface area contributed by atoms with Crippen LogP contribution in [0.2, 0.25) is 0 Å². The second-order valence-electron chi connectivity index (χ2n) is 5.95. The van der Waals surface area contributed by atoms with Gasteiger partial charge in [-0.15, -0.1) is 0 Å². The van der Waals surface area contributed by atoms with Gasteiger partial charge in [-0.2, -0.15) is 0 Å². The molecule has 1 aromatic rings. The van der Waals surface area contributed by atoms with E-state index < -0.39 is 0 Å². The number of rotatable bonds is 6. The van der Waals surface area contributed by atoms with Crippen molar-refractivity contribution >= 4 is 5.82 Å². The predicted octanol–water partition coefficient (Wildman–Crippen LogP) is 2.03. The molecular weight excluding hydrogens is 248 g/mol. The number of pyridine rings is 1. The minimum Gasteiger partial charge on any atom is -0.352 e. The molecule has 20 heavy (non-hydrogen) atoms. The van der Waals surface area contributed by atoms with Crippen molar-refractivity contribution in [1.82, 2.24) is 15.2 Å². The minimum atomic E-state index is 0.608. The lowest BCUT2D eigenvalue weighted by atomic mass is 10.2. The topological polar surface area (TPSA) is 31.4 Å². The molecule has 1 aliphatic rings.